The summed E-state index contributed by atoms with van der Waals surface area (Å²) in [5.41, 5.74) is 9.18. The molecule has 1 saturated heterocycles. The van der Waals surface area contributed by atoms with Crippen LogP contribution >= 0.6 is 0 Å². The van der Waals surface area contributed by atoms with Crippen molar-refractivity contribution < 1.29 is 0 Å². The van der Waals surface area contributed by atoms with E-state index in [0.717, 1.165) is 19.6 Å². The smallest absolute Gasteiger partial charge is 0.0463 e. The predicted octanol–water partition coefficient (Wildman–Crippen LogP) is 1.89. The summed E-state index contributed by atoms with van der Waals surface area (Å²) in [5.74, 6) is 0. The van der Waals surface area contributed by atoms with Gasteiger partial charge in [-0.25, -0.2) is 0 Å². The normalized spacial score (nSPS) is 23.3. The van der Waals surface area contributed by atoms with Gasteiger partial charge in [0.1, 0.15) is 0 Å². The highest BCUT2D eigenvalue weighted by atomic mass is 15.2. The largest absolute Gasteiger partial charge is 0.323 e. The van der Waals surface area contributed by atoms with Gasteiger partial charge >= 0.3 is 0 Å². The van der Waals surface area contributed by atoms with E-state index in [4.69, 9.17) is 5.73 Å². The van der Waals surface area contributed by atoms with Crippen LogP contribution in [-0.4, -0.2) is 37.6 Å². The highest BCUT2D eigenvalue weighted by molar-refractivity contribution is 5.30. The monoisotopic (exact) mass is 261 g/mol. The fraction of sp³-hybridized carbons (Fsp3) is 0.625. The first kappa shape index (κ1) is 14.5. The molecule has 1 aromatic carbocycles. The van der Waals surface area contributed by atoms with Gasteiger partial charge in [-0.1, -0.05) is 45.0 Å². The molecule has 1 aliphatic heterocycles. The second-order valence-corrected chi connectivity index (χ2v) is 6.72. The molecule has 2 unspecified atom stereocenters. The van der Waals surface area contributed by atoms with Gasteiger partial charge in [-0.05, 0) is 23.6 Å². The second-order valence-electron chi connectivity index (χ2n) is 6.72. The van der Waals surface area contributed by atoms with Gasteiger partial charge in [0, 0.05) is 31.7 Å². The van der Waals surface area contributed by atoms with E-state index >= 15 is 0 Å². The van der Waals surface area contributed by atoms with Gasteiger partial charge in [0.25, 0.3) is 0 Å². The molecule has 0 saturated carbocycles. The molecule has 2 atom stereocenters. The molecule has 1 fully saturated rings. The molecular formula is C16H27N3. The van der Waals surface area contributed by atoms with Crippen LogP contribution in [0.25, 0.3) is 0 Å². The zero-order valence-electron chi connectivity index (χ0n) is 12.6. The van der Waals surface area contributed by atoms with Crippen molar-refractivity contribution in [3.8, 4) is 0 Å². The molecule has 2 rings (SSSR count). The molecule has 0 aliphatic carbocycles. The lowest BCUT2D eigenvalue weighted by Crippen LogP contribution is -2.53. The van der Waals surface area contributed by atoms with Crippen molar-refractivity contribution in [2.24, 2.45) is 5.73 Å². The van der Waals surface area contributed by atoms with Crippen molar-refractivity contribution in [1.29, 1.82) is 0 Å². The Labute approximate surface area is 117 Å². The van der Waals surface area contributed by atoms with Gasteiger partial charge in [-0.15, -0.1) is 0 Å². The highest BCUT2D eigenvalue weighted by Gasteiger charge is 2.24. The number of rotatable bonds is 2. The quantitative estimate of drug-likeness (QED) is 0.854. The summed E-state index contributed by atoms with van der Waals surface area (Å²) in [5, 5.41) is 3.53. The number of nitrogens with zero attached hydrogens (tertiary/aromatic N) is 1. The molecule has 0 aromatic heterocycles. The summed E-state index contributed by atoms with van der Waals surface area (Å²) >= 11 is 0. The zero-order valence-corrected chi connectivity index (χ0v) is 12.6. The Morgan fingerprint density at radius 2 is 1.89 bits per heavy atom. The number of nitrogens with one attached hydrogen (secondary N) is 1. The van der Waals surface area contributed by atoms with Gasteiger partial charge in [0.2, 0.25) is 0 Å². The van der Waals surface area contributed by atoms with Crippen LogP contribution in [0.5, 0.6) is 0 Å². The lowest BCUT2D eigenvalue weighted by molar-refractivity contribution is 0.220. The van der Waals surface area contributed by atoms with Crippen molar-refractivity contribution >= 4 is 0 Å². The molecule has 3 nitrogen and oxygen atoms in total. The first-order valence-electron chi connectivity index (χ1n) is 7.16. The minimum Gasteiger partial charge on any atom is -0.323 e. The molecule has 106 valence electrons. The average Bonchev–Trinajstić information content (AvgIpc) is 2.37. The SMILES string of the molecule is CN1CCNC(C(N)c2ccc(C(C)(C)C)cc2)C1. The van der Waals surface area contributed by atoms with Crippen LogP contribution in [0.15, 0.2) is 24.3 Å². The fourth-order valence-electron chi connectivity index (χ4n) is 2.61. The van der Waals surface area contributed by atoms with Gasteiger partial charge in [0.05, 0.1) is 0 Å². The van der Waals surface area contributed by atoms with Crippen LogP contribution < -0.4 is 11.1 Å². The van der Waals surface area contributed by atoms with E-state index in [2.05, 4.69) is 62.3 Å². The third-order valence-corrected chi connectivity index (χ3v) is 4.00. The maximum absolute atomic E-state index is 6.40. The van der Waals surface area contributed by atoms with E-state index < -0.39 is 0 Å². The van der Waals surface area contributed by atoms with Gasteiger partial charge in [-0.2, -0.15) is 0 Å². The molecular weight excluding hydrogens is 234 g/mol. The molecule has 0 amide bonds. The lowest BCUT2D eigenvalue weighted by Gasteiger charge is -2.34. The average molecular weight is 261 g/mol. The third-order valence-electron chi connectivity index (χ3n) is 4.00. The molecule has 19 heavy (non-hydrogen) atoms. The second kappa shape index (κ2) is 5.61. The van der Waals surface area contributed by atoms with Gasteiger partial charge in [-0.3, -0.25) is 0 Å². The molecule has 3 N–H and O–H groups in total. The van der Waals surface area contributed by atoms with Gasteiger partial charge < -0.3 is 16.0 Å². The highest BCUT2D eigenvalue weighted by Crippen LogP contribution is 2.24. The summed E-state index contributed by atoms with van der Waals surface area (Å²) in [6.45, 7) is 9.85. The lowest BCUT2D eigenvalue weighted by atomic mass is 9.86. The van der Waals surface area contributed by atoms with Crippen molar-refractivity contribution in [3.63, 3.8) is 0 Å². The Hall–Kier alpha value is -0.900. The van der Waals surface area contributed by atoms with E-state index in [9.17, 15) is 0 Å². The minimum atomic E-state index is 0.0665. The first-order chi connectivity index (χ1) is 8.88. The Kier molecular flexibility index (Phi) is 4.29. The number of nitrogens with two attached hydrogens (primary N) is 1. The number of likely N-dealkylation sites (N-methyl/N-ethyl adjacent to an activating group) is 1. The molecule has 3 heteroatoms. The predicted molar refractivity (Wildman–Crippen MR) is 81.4 cm³/mol. The van der Waals surface area contributed by atoms with E-state index in [-0.39, 0.29) is 11.5 Å². The van der Waals surface area contributed by atoms with Crippen LogP contribution in [0.1, 0.15) is 37.9 Å². The van der Waals surface area contributed by atoms with Crippen LogP contribution in [0, 0.1) is 0 Å². The Bertz CT molecular complexity index is 405. The summed E-state index contributed by atoms with van der Waals surface area (Å²) in [7, 11) is 2.16. The molecule has 0 bridgehead atoms. The Morgan fingerprint density at radius 1 is 1.26 bits per heavy atom. The Balaban J connectivity index is 2.09. The number of benzene rings is 1. The number of hydrogen-bond donors (Lipinski definition) is 2. The van der Waals surface area contributed by atoms with Crippen LogP contribution in [0.4, 0.5) is 0 Å². The number of hydrogen-bond acceptors (Lipinski definition) is 3. The first-order valence-corrected chi connectivity index (χ1v) is 7.16. The van der Waals surface area contributed by atoms with Crippen molar-refractivity contribution in [1.82, 2.24) is 10.2 Å². The van der Waals surface area contributed by atoms with E-state index in [1.165, 1.54) is 11.1 Å². The molecule has 1 aromatic rings. The molecule has 0 radical (unpaired) electrons. The van der Waals surface area contributed by atoms with E-state index in [1.54, 1.807) is 0 Å². The minimum absolute atomic E-state index is 0.0665. The van der Waals surface area contributed by atoms with Crippen LogP contribution in [-0.2, 0) is 5.41 Å². The summed E-state index contributed by atoms with van der Waals surface area (Å²) in [6.07, 6.45) is 0. The Morgan fingerprint density at radius 3 is 2.42 bits per heavy atom. The summed E-state index contributed by atoms with van der Waals surface area (Å²) < 4.78 is 0. The van der Waals surface area contributed by atoms with E-state index in [1.807, 2.05) is 0 Å². The van der Waals surface area contributed by atoms with Crippen molar-refractivity contribution in [3.05, 3.63) is 35.4 Å². The van der Waals surface area contributed by atoms with Gasteiger partial charge in [0.15, 0.2) is 0 Å². The zero-order chi connectivity index (χ0) is 14.0. The molecule has 1 heterocycles. The maximum Gasteiger partial charge on any atom is 0.0463 e. The summed E-state index contributed by atoms with van der Waals surface area (Å²) in [4.78, 5) is 2.34. The fourth-order valence-corrected chi connectivity index (χ4v) is 2.61. The number of piperazine rings is 1. The third kappa shape index (κ3) is 3.56. The topological polar surface area (TPSA) is 41.3 Å². The van der Waals surface area contributed by atoms with E-state index in [0.29, 0.717) is 6.04 Å². The maximum atomic E-state index is 6.40. The van der Waals surface area contributed by atoms with Crippen molar-refractivity contribution in [2.75, 3.05) is 26.7 Å². The molecule has 0 spiro atoms. The molecule has 1 aliphatic rings. The van der Waals surface area contributed by atoms with Crippen molar-refractivity contribution in [2.45, 2.75) is 38.3 Å². The van der Waals surface area contributed by atoms with Crippen LogP contribution in [0.3, 0.4) is 0 Å². The summed E-state index contributed by atoms with van der Waals surface area (Å²) in [6, 6.07) is 9.20. The van der Waals surface area contributed by atoms with Crippen LogP contribution in [0.2, 0.25) is 0 Å². The standard InChI is InChI=1S/C16H27N3/c1-16(2,3)13-7-5-12(6-8-13)15(17)14-11-19(4)10-9-18-14/h5-8,14-15,18H,9-11,17H2,1-4H3.